The van der Waals surface area contributed by atoms with Gasteiger partial charge in [-0.05, 0) is 0 Å². The molecule has 0 aromatic carbocycles. The average Bonchev–Trinajstić information content (AvgIpc) is 2.00. The van der Waals surface area contributed by atoms with Gasteiger partial charge in [-0.15, -0.1) is 0 Å². The molecule has 0 aromatic heterocycles. The molecular formula is C9H13NO2. The lowest BCUT2D eigenvalue weighted by Crippen LogP contribution is -2.21. The van der Waals surface area contributed by atoms with Crippen LogP contribution in [0.4, 0.5) is 0 Å². The van der Waals surface area contributed by atoms with Gasteiger partial charge in [0.1, 0.15) is 6.10 Å². The predicted molar refractivity (Wildman–Crippen MR) is 45.1 cm³/mol. The van der Waals surface area contributed by atoms with Crippen LogP contribution >= 0.6 is 0 Å². The van der Waals surface area contributed by atoms with Gasteiger partial charge in [-0.1, -0.05) is 19.6 Å². The maximum Gasteiger partial charge on any atom is 0.303 e. The van der Waals surface area contributed by atoms with Gasteiger partial charge in [-0.25, -0.2) is 0 Å². The van der Waals surface area contributed by atoms with E-state index in [1.165, 1.54) is 6.92 Å². The number of rotatable bonds is 4. The number of nitrogens with zero attached hydrogens (tertiary/aromatic N) is 1. The SMILES string of the molecule is C=CC(OC(C)=O)C(C)CC#N. The molecule has 0 aliphatic rings. The van der Waals surface area contributed by atoms with E-state index in [1.807, 2.05) is 13.0 Å². The van der Waals surface area contributed by atoms with Crippen LogP contribution < -0.4 is 0 Å². The van der Waals surface area contributed by atoms with E-state index >= 15 is 0 Å². The van der Waals surface area contributed by atoms with Crippen LogP contribution in [0.1, 0.15) is 20.3 Å². The molecule has 0 N–H and O–H groups in total. The molecule has 0 spiro atoms. The molecule has 66 valence electrons. The molecule has 0 amide bonds. The summed E-state index contributed by atoms with van der Waals surface area (Å²) in [5.74, 6) is -0.332. The van der Waals surface area contributed by atoms with E-state index in [0.29, 0.717) is 6.42 Å². The third kappa shape index (κ3) is 3.77. The minimum Gasteiger partial charge on any atom is -0.458 e. The van der Waals surface area contributed by atoms with Crippen LogP contribution in [0.3, 0.4) is 0 Å². The second kappa shape index (κ2) is 5.36. The lowest BCUT2D eigenvalue weighted by Gasteiger charge is -2.17. The van der Waals surface area contributed by atoms with Crippen molar-refractivity contribution < 1.29 is 9.53 Å². The zero-order valence-corrected chi connectivity index (χ0v) is 7.41. The zero-order valence-electron chi connectivity index (χ0n) is 7.41. The summed E-state index contributed by atoms with van der Waals surface area (Å²) in [4.78, 5) is 10.6. The van der Waals surface area contributed by atoms with Crippen molar-refractivity contribution in [2.24, 2.45) is 5.92 Å². The summed E-state index contributed by atoms with van der Waals surface area (Å²) in [5.41, 5.74) is 0. The number of hydrogen-bond acceptors (Lipinski definition) is 3. The molecule has 2 atom stereocenters. The average molecular weight is 167 g/mol. The van der Waals surface area contributed by atoms with Gasteiger partial charge in [-0.2, -0.15) is 5.26 Å². The molecular weight excluding hydrogens is 154 g/mol. The second-order valence-electron chi connectivity index (χ2n) is 2.65. The molecule has 0 saturated heterocycles. The molecule has 0 fully saturated rings. The van der Waals surface area contributed by atoms with Crippen molar-refractivity contribution in [2.45, 2.75) is 26.4 Å². The van der Waals surface area contributed by atoms with Crippen LogP contribution in [0.15, 0.2) is 12.7 Å². The molecule has 3 nitrogen and oxygen atoms in total. The van der Waals surface area contributed by atoms with Gasteiger partial charge in [-0.3, -0.25) is 4.79 Å². The third-order valence-corrected chi connectivity index (χ3v) is 1.51. The van der Waals surface area contributed by atoms with Crippen molar-refractivity contribution in [3.8, 4) is 6.07 Å². The number of carbonyl (C=O) groups excluding carboxylic acids is 1. The smallest absolute Gasteiger partial charge is 0.303 e. The number of nitriles is 1. The van der Waals surface area contributed by atoms with Gasteiger partial charge in [0.2, 0.25) is 0 Å². The molecule has 0 heterocycles. The monoisotopic (exact) mass is 167 g/mol. The van der Waals surface area contributed by atoms with Crippen LogP contribution in [0, 0.1) is 17.2 Å². The summed E-state index contributed by atoms with van der Waals surface area (Å²) in [6.07, 6.45) is 1.56. The van der Waals surface area contributed by atoms with Crippen LogP contribution in [0.2, 0.25) is 0 Å². The fourth-order valence-electron chi connectivity index (χ4n) is 0.848. The molecule has 0 aliphatic carbocycles. The zero-order chi connectivity index (χ0) is 9.56. The highest BCUT2D eigenvalue weighted by Gasteiger charge is 2.15. The Hall–Kier alpha value is -1.30. The highest BCUT2D eigenvalue weighted by Crippen LogP contribution is 2.12. The van der Waals surface area contributed by atoms with Crippen molar-refractivity contribution in [1.82, 2.24) is 0 Å². The van der Waals surface area contributed by atoms with Crippen LogP contribution in [0.5, 0.6) is 0 Å². The Morgan fingerprint density at radius 2 is 2.42 bits per heavy atom. The largest absolute Gasteiger partial charge is 0.458 e. The molecule has 0 bridgehead atoms. The quantitative estimate of drug-likeness (QED) is 0.472. The molecule has 0 aromatic rings. The Morgan fingerprint density at radius 3 is 2.75 bits per heavy atom. The third-order valence-electron chi connectivity index (χ3n) is 1.51. The molecule has 0 aliphatic heterocycles. The highest BCUT2D eigenvalue weighted by molar-refractivity contribution is 5.66. The Kier molecular flexibility index (Phi) is 4.78. The molecule has 12 heavy (non-hydrogen) atoms. The lowest BCUT2D eigenvalue weighted by molar-refractivity contribution is -0.146. The van der Waals surface area contributed by atoms with Crippen molar-refractivity contribution in [3.63, 3.8) is 0 Å². The first-order chi connectivity index (χ1) is 5.61. The molecule has 0 saturated carbocycles. The van der Waals surface area contributed by atoms with Gasteiger partial charge >= 0.3 is 5.97 Å². The Bertz CT molecular complexity index is 205. The van der Waals surface area contributed by atoms with Gasteiger partial charge in [0.15, 0.2) is 0 Å². The molecule has 3 heteroatoms. The maximum absolute atomic E-state index is 10.6. The van der Waals surface area contributed by atoms with Crippen LogP contribution in [0.25, 0.3) is 0 Å². The van der Waals surface area contributed by atoms with Crippen molar-refractivity contribution in [3.05, 3.63) is 12.7 Å². The number of carbonyl (C=O) groups is 1. The van der Waals surface area contributed by atoms with E-state index < -0.39 is 0 Å². The van der Waals surface area contributed by atoms with Gasteiger partial charge < -0.3 is 4.74 Å². The Morgan fingerprint density at radius 1 is 1.83 bits per heavy atom. The van der Waals surface area contributed by atoms with Gasteiger partial charge in [0.25, 0.3) is 0 Å². The van der Waals surface area contributed by atoms with Gasteiger partial charge in [0.05, 0.1) is 6.07 Å². The minimum atomic E-state index is -0.345. The molecule has 0 radical (unpaired) electrons. The standard InChI is InChI=1S/C9H13NO2/c1-4-9(12-8(3)11)7(2)5-6-10/h4,7,9H,1,5H2,2-3H3. The predicted octanol–water partition coefficient (Wildman–Crippen LogP) is 1.65. The van der Waals surface area contributed by atoms with E-state index in [1.54, 1.807) is 6.08 Å². The van der Waals surface area contributed by atoms with E-state index in [-0.39, 0.29) is 18.0 Å². The van der Waals surface area contributed by atoms with Crippen molar-refractivity contribution >= 4 is 5.97 Å². The normalized spacial score (nSPS) is 14.1. The lowest BCUT2D eigenvalue weighted by atomic mass is 10.0. The summed E-state index contributed by atoms with van der Waals surface area (Å²) >= 11 is 0. The first-order valence-corrected chi connectivity index (χ1v) is 3.78. The summed E-state index contributed by atoms with van der Waals surface area (Å²) in [5, 5.41) is 8.39. The minimum absolute atomic E-state index is 0.0106. The van der Waals surface area contributed by atoms with Gasteiger partial charge in [0, 0.05) is 19.3 Å². The molecule has 2 unspecified atom stereocenters. The van der Waals surface area contributed by atoms with E-state index in [2.05, 4.69) is 6.58 Å². The van der Waals surface area contributed by atoms with E-state index in [9.17, 15) is 4.79 Å². The maximum atomic E-state index is 10.6. The van der Waals surface area contributed by atoms with E-state index in [0.717, 1.165) is 0 Å². The summed E-state index contributed by atoms with van der Waals surface area (Å²) in [6.45, 7) is 6.72. The first-order valence-electron chi connectivity index (χ1n) is 3.78. The number of hydrogen-bond donors (Lipinski definition) is 0. The van der Waals surface area contributed by atoms with Crippen molar-refractivity contribution in [2.75, 3.05) is 0 Å². The summed E-state index contributed by atoms with van der Waals surface area (Å²) in [6, 6.07) is 2.02. The molecule has 0 rings (SSSR count). The summed E-state index contributed by atoms with van der Waals surface area (Å²) < 4.78 is 4.91. The number of ether oxygens (including phenoxy) is 1. The topological polar surface area (TPSA) is 50.1 Å². The number of esters is 1. The van der Waals surface area contributed by atoms with Crippen LogP contribution in [-0.4, -0.2) is 12.1 Å². The highest BCUT2D eigenvalue weighted by atomic mass is 16.5. The first kappa shape index (κ1) is 10.7. The fraction of sp³-hybridized carbons (Fsp3) is 0.556. The summed E-state index contributed by atoms with van der Waals surface area (Å²) in [7, 11) is 0. The van der Waals surface area contributed by atoms with E-state index in [4.69, 9.17) is 10.00 Å². The Balaban J connectivity index is 4.06. The van der Waals surface area contributed by atoms with Crippen LogP contribution in [-0.2, 0) is 9.53 Å². The Labute approximate surface area is 72.6 Å². The fourth-order valence-corrected chi connectivity index (χ4v) is 0.848. The van der Waals surface area contributed by atoms with Crippen molar-refractivity contribution in [1.29, 1.82) is 5.26 Å². The second-order valence-corrected chi connectivity index (χ2v) is 2.65.